The van der Waals surface area contributed by atoms with Crippen LogP contribution in [0, 0.1) is 5.92 Å². The first-order chi connectivity index (χ1) is 10.4. The number of amides is 1. The predicted octanol–water partition coefficient (Wildman–Crippen LogP) is 2.92. The molecule has 3 atom stereocenters. The van der Waals surface area contributed by atoms with Crippen LogP contribution in [0.5, 0.6) is 5.75 Å². The number of ether oxygens (including phenoxy) is 1. The van der Waals surface area contributed by atoms with Crippen molar-refractivity contribution in [2.75, 3.05) is 0 Å². The zero-order chi connectivity index (χ0) is 15.7. The van der Waals surface area contributed by atoms with Gasteiger partial charge < -0.3 is 15.8 Å². The van der Waals surface area contributed by atoms with E-state index in [0.717, 1.165) is 37.0 Å². The number of nitrogens with two attached hydrogens (primary N) is 1. The van der Waals surface area contributed by atoms with Crippen molar-refractivity contribution in [3.63, 3.8) is 0 Å². The van der Waals surface area contributed by atoms with Crippen molar-refractivity contribution in [1.82, 2.24) is 5.32 Å². The van der Waals surface area contributed by atoms with Crippen LogP contribution in [-0.2, 0) is 4.79 Å². The van der Waals surface area contributed by atoms with Gasteiger partial charge in [-0.25, -0.2) is 0 Å². The molecule has 0 bridgehead atoms. The molecule has 2 aliphatic rings. The zero-order valence-electron chi connectivity index (χ0n) is 13.5. The lowest BCUT2D eigenvalue weighted by Crippen LogP contribution is -2.42. The van der Waals surface area contributed by atoms with Crippen molar-refractivity contribution < 1.29 is 9.53 Å². The van der Waals surface area contributed by atoms with Crippen LogP contribution < -0.4 is 15.8 Å². The third kappa shape index (κ3) is 3.27. The van der Waals surface area contributed by atoms with E-state index >= 15 is 0 Å². The standard InChI is InChI=1S/C18H26N2O2/c1-18(2)11-15(13-7-3-4-9-16(13)22-18)20-17(21)10-12-6-5-8-14(12)19/h3-4,7,9,12,14-15H,5-6,8,10-11,19H2,1-2H3,(H,20,21)/t12-,14+,15?/m0/s1. The average molecular weight is 302 g/mol. The molecule has 0 radical (unpaired) electrons. The van der Waals surface area contributed by atoms with Crippen LogP contribution in [0.1, 0.15) is 57.6 Å². The normalized spacial score (nSPS) is 29.5. The van der Waals surface area contributed by atoms with E-state index < -0.39 is 0 Å². The molecule has 1 fully saturated rings. The van der Waals surface area contributed by atoms with E-state index in [4.69, 9.17) is 10.5 Å². The Balaban J connectivity index is 1.70. The van der Waals surface area contributed by atoms with Gasteiger partial charge in [0.15, 0.2) is 0 Å². The lowest BCUT2D eigenvalue weighted by Gasteiger charge is -2.38. The second-order valence-corrected chi connectivity index (χ2v) is 7.28. The first-order valence-electron chi connectivity index (χ1n) is 8.27. The van der Waals surface area contributed by atoms with Crippen LogP contribution in [0.3, 0.4) is 0 Å². The molecule has 1 aliphatic heterocycles. The highest BCUT2D eigenvalue weighted by molar-refractivity contribution is 5.77. The largest absolute Gasteiger partial charge is 0.487 e. The van der Waals surface area contributed by atoms with Gasteiger partial charge in [0.25, 0.3) is 0 Å². The van der Waals surface area contributed by atoms with Gasteiger partial charge in [-0.2, -0.15) is 0 Å². The summed E-state index contributed by atoms with van der Waals surface area (Å²) in [5.41, 5.74) is 6.89. The van der Waals surface area contributed by atoms with Gasteiger partial charge in [0.05, 0.1) is 6.04 Å². The van der Waals surface area contributed by atoms with E-state index in [9.17, 15) is 4.79 Å². The third-order valence-corrected chi connectivity index (χ3v) is 4.88. The fourth-order valence-electron chi connectivity index (χ4n) is 3.74. The lowest BCUT2D eigenvalue weighted by atomic mass is 9.89. The molecule has 1 aromatic rings. The molecular formula is C18H26N2O2. The summed E-state index contributed by atoms with van der Waals surface area (Å²) in [6, 6.07) is 8.18. The molecular weight excluding hydrogens is 276 g/mol. The van der Waals surface area contributed by atoms with Crippen molar-refractivity contribution in [2.45, 2.75) is 63.6 Å². The van der Waals surface area contributed by atoms with Crippen LogP contribution >= 0.6 is 0 Å². The fourth-order valence-corrected chi connectivity index (χ4v) is 3.74. The lowest BCUT2D eigenvalue weighted by molar-refractivity contribution is -0.123. The summed E-state index contributed by atoms with van der Waals surface area (Å²) in [4.78, 5) is 12.4. The van der Waals surface area contributed by atoms with Crippen molar-refractivity contribution in [2.24, 2.45) is 11.7 Å². The highest BCUT2D eigenvalue weighted by Gasteiger charge is 2.35. The minimum atomic E-state index is -0.268. The summed E-state index contributed by atoms with van der Waals surface area (Å²) < 4.78 is 6.01. The van der Waals surface area contributed by atoms with Crippen LogP contribution in [0.2, 0.25) is 0 Å². The van der Waals surface area contributed by atoms with Gasteiger partial charge >= 0.3 is 0 Å². The van der Waals surface area contributed by atoms with Gasteiger partial charge in [0.2, 0.25) is 5.91 Å². The quantitative estimate of drug-likeness (QED) is 0.902. The Hall–Kier alpha value is -1.55. The number of benzene rings is 1. The Morgan fingerprint density at radius 3 is 2.86 bits per heavy atom. The number of nitrogens with one attached hydrogen (secondary N) is 1. The summed E-state index contributed by atoms with van der Waals surface area (Å²) >= 11 is 0. The molecule has 1 aromatic carbocycles. The molecule has 0 aromatic heterocycles. The van der Waals surface area contributed by atoms with Gasteiger partial charge in [0.1, 0.15) is 11.4 Å². The molecule has 4 heteroatoms. The van der Waals surface area contributed by atoms with Gasteiger partial charge in [-0.05, 0) is 38.7 Å². The Kier molecular flexibility index (Phi) is 4.13. The smallest absolute Gasteiger partial charge is 0.220 e. The Labute approximate surface area is 132 Å². The first-order valence-corrected chi connectivity index (χ1v) is 8.27. The van der Waals surface area contributed by atoms with E-state index in [2.05, 4.69) is 19.2 Å². The number of para-hydroxylation sites is 1. The molecule has 1 amide bonds. The Morgan fingerprint density at radius 2 is 2.14 bits per heavy atom. The number of fused-ring (bicyclic) bond motifs is 1. The average Bonchev–Trinajstić information content (AvgIpc) is 2.83. The van der Waals surface area contributed by atoms with Gasteiger partial charge in [-0.1, -0.05) is 24.6 Å². The van der Waals surface area contributed by atoms with E-state index in [-0.39, 0.29) is 23.6 Å². The summed E-state index contributed by atoms with van der Waals surface area (Å²) in [5, 5.41) is 3.20. The maximum absolute atomic E-state index is 12.4. The van der Waals surface area contributed by atoms with Crippen molar-refractivity contribution in [3.05, 3.63) is 29.8 Å². The van der Waals surface area contributed by atoms with Gasteiger partial charge in [-0.15, -0.1) is 0 Å². The van der Waals surface area contributed by atoms with Crippen molar-refractivity contribution >= 4 is 5.91 Å². The molecule has 1 aliphatic carbocycles. The van der Waals surface area contributed by atoms with E-state index in [1.165, 1.54) is 0 Å². The molecule has 0 spiro atoms. The van der Waals surface area contributed by atoms with Crippen molar-refractivity contribution in [3.8, 4) is 5.75 Å². The van der Waals surface area contributed by atoms with Crippen LogP contribution in [0.25, 0.3) is 0 Å². The summed E-state index contributed by atoms with van der Waals surface area (Å²) in [7, 11) is 0. The highest BCUT2D eigenvalue weighted by atomic mass is 16.5. The fraction of sp³-hybridized carbons (Fsp3) is 0.611. The van der Waals surface area contributed by atoms with E-state index in [1.54, 1.807) is 0 Å². The molecule has 1 heterocycles. The monoisotopic (exact) mass is 302 g/mol. The molecule has 4 nitrogen and oxygen atoms in total. The molecule has 3 N–H and O–H groups in total. The summed E-state index contributed by atoms with van der Waals surface area (Å²) in [5.74, 6) is 1.32. The second kappa shape index (κ2) is 5.92. The third-order valence-electron chi connectivity index (χ3n) is 4.88. The number of hydrogen-bond donors (Lipinski definition) is 2. The highest BCUT2D eigenvalue weighted by Crippen LogP contribution is 2.39. The van der Waals surface area contributed by atoms with Crippen LogP contribution in [0.15, 0.2) is 24.3 Å². The Bertz CT molecular complexity index is 556. The molecule has 120 valence electrons. The molecule has 1 unspecified atom stereocenters. The van der Waals surface area contributed by atoms with Gasteiger partial charge in [0, 0.05) is 24.4 Å². The van der Waals surface area contributed by atoms with E-state index in [0.29, 0.717) is 12.3 Å². The topological polar surface area (TPSA) is 64.4 Å². The predicted molar refractivity (Wildman–Crippen MR) is 86.6 cm³/mol. The number of hydrogen-bond acceptors (Lipinski definition) is 3. The molecule has 3 rings (SSSR count). The molecule has 1 saturated carbocycles. The SMILES string of the molecule is CC1(C)CC(NC(=O)C[C@@H]2CCC[C@H]2N)c2ccccc2O1. The number of carbonyl (C=O) groups excluding carboxylic acids is 1. The minimum absolute atomic E-state index is 0.0186. The maximum atomic E-state index is 12.4. The first kappa shape index (κ1) is 15.3. The van der Waals surface area contributed by atoms with Gasteiger partial charge in [-0.3, -0.25) is 4.79 Å². The van der Waals surface area contributed by atoms with Crippen LogP contribution in [-0.4, -0.2) is 17.6 Å². The number of rotatable bonds is 3. The maximum Gasteiger partial charge on any atom is 0.220 e. The van der Waals surface area contributed by atoms with Crippen molar-refractivity contribution in [1.29, 1.82) is 0 Å². The summed E-state index contributed by atoms with van der Waals surface area (Å²) in [6.07, 6.45) is 4.59. The van der Waals surface area contributed by atoms with E-state index in [1.807, 2.05) is 24.3 Å². The number of carbonyl (C=O) groups is 1. The second-order valence-electron chi connectivity index (χ2n) is 7.28. The molecule has 22 heavy (non-hydrogen) atoms. The Morgan fingerprint density at radius 1 is 1.36 bits per heavy atom. The van der Waals surface area contributed by atoms with Crippen LogP contribution in [0.4, 0.5) is 0 Å². The molecule has 0 saturated heterocycles. The summed E-state index contributed by atoms with van der Waals surface area (Å²) in [6.45, 7) is 4.13. The zero-order valence-corrected chi connectivity index (χ0v) is 13.5. The minimum Gasteiger partial charge on any atom is -0.487 e.